The van der Waals surface area contributed by atoms with Gasteiger partial charge in [-0.2, -0.15) is 0 Å². The van der Waals surface area contributed by atoms with Crippen molar-refractivity contribution in [2.24, 2.45) is 0 Å². The van der Waals surface area contributed by atoms with Gasteiger partial charge in [0.15, 0.2) is 11.9 Å². The Hall–Kier alpha value is -2.53. The third-order valence-electron chi connectivity index (χ3n) is 3.35. The van der Waals surface area contributed by atoms with Crippen LogP contribution in [0.15, 0.2) is 42.5 Å². The number of halogens is 1. The van der Waals surface area contributed by atoms with E-state index < -0.39 is 6.10 Å². The van der Waals surface area contributed by atoms with Gasteiger partial charge in [-0.05, 0) is 38.1 Å². The zero-order chi connectivity index (χ0) is 17.7. The maximum atomic E-state index is 12.3. The summed E-state index contributed by atoms with van der Waals surface area (Å²) < 4.78 is 10.7. The van der Waals surface area contributed by atoms with Crippen LogP contribution in [0.1, 0.15) is 24.2 Å². The van der Waals surface area contributed by atoms with Crippen LogP contribution in [0.25, 0.3) is 0 Å². The lowest BCUT2D eigenvalue weighted by Gasteiger charge is -2.16. The van der Waals surface area contributed by atoms with Crippen LogP contribution < -0.4 is 14.8 Å². The van der Waals surface area contributed by atoms with Gasteiger partial charge in [0.2, 0.25) is 0 Å². The highest BCUT2D eigenvalue weighted by atomic mass is 35.5. The van der Waals surface area contributed by atoms with Gasteiger partial charge in [0.25, 0.3) is 5.91 Å². The molecule has 0 aromatic heterocycles. The molecule has 2 aromatic rings. The third-order valence-corrected chi connectivity index (χ3v) is 3.68. The van der Waals surface area contributed by atoms with Crippen molar-refractivity contribution >= 4 is 29.0 Å². The van der Waals surface area contributed by atoms with Crippen LogP contribution >= 0.6 is 11.6 Å². The molecule has 0 radical (unpaired) electrons. The molecule has 0 saturated carbocycles. The Morgan fingerprint density at radius 3 is 2.54 bits per heavy atom. The first-order valence-electron chi connectivity index (χ1n) is 7.32. The predicted molar refractivity (Wildman–Crippen MR) is 93.2 cm³/mol. The summed E-state index contributed by atoms with van der Waals surface area (Å²) in [6, 6.07) is 11.7. The zero-order valence-corrected chi connectivity index (χ0v) is 14.4. The molecule has 0 heterocycles. The van der Waals surface area contributed by atoms with Crippen molar-refractivity contribution in [1.29, 1.82) is 0 Å². The van der Waals surface area contributed by atoms with Crippen molar-refractivity contribution in [3.05, 3.63) is 53.1 Å². The Labute approximate surface area is 145 Å². The largest absolute Gasteiger partial charge is 0.497 e. The number of carbonyl (C=O) groups is 2. The fourth-order valence-corrected chi connectivity index (χ4v) is 2.17. The summed E-state index contributed by atoms with van der Waals surface area (Å²) in [6.07, 6.45) is -0.769. The molecular formula is C18H18ClNO4. The van der Waals surface area contributed by atoms with Crippen molar-refractivity contribution in [2.75, 3.05) is 12.4 Å². The lowest BCUT2D eigenvalue weighted by molar-refractivity contribution is -0.122. The van der Waals surface area contributed by atoms with Gasteiger partial charge in [0.05, 0.1) is 17.8 Å². The number of rotatable bonds is 6. The summed E-state index contributed by atoms with van der Waals surface area (Å²) in [4.78, 5) is 23.7. The molecule has 1 atom stereocenters. The molecule has 1 amide bonds. The Balaban J connectivity index is 2.07. The van der Waals surface area contributed by atoms with Crippen LogP contribution in [0.2, 0.25) is 5.02 Å². The minimum Gasteiger partial charge on any atom is -0.497 e. The molecule has 126 valence electrons. The number of nitrogens with one attached hydrogen (secondary N) is 1. The second-order valence-corrected chi connectivity index (χ2v) is 5.59. The lowest BCUT2D eigenvalue weighted by atomic mass is 10.1. The smallest absolute Gasteiger partial charge is 0.265 e. The molecule has 0 aliphatic carbocycles. The molecule has 0 unspecified atom stereocenters. The number of hydrogen-bond acceptors (Lipinski definition) is 4. The van der Waals surface area contributed by atoms with Gasteiger partial charge in [-0.25, -0.2) is 0 Å². The molecular weight excluding hydrogens is 330 g/mol. The number of Topliss-reactive ketones (excluding diaryl/α,β-unsaturated/α-hetero) is 1. The minimum absolute atomic E-state index is 0.0688. The summed E-state index contributed by atoms with van der Waals surface area (Å²) in [5.74, 6) is 0.596. The Morgan fingerprint density at radius 2 is 1.88 bits per heavy atom. The molecule has 0 bridgehead atoms. The number of ketones is 1. The van der Waals surface area contributed by atoms with Crippen molar-refractivity contribution in [3.63, 3.8) is 0 Å². The number of anilines is 1. The quantitative estimate of drug-likeness (QED) is 0.803. The average molecular weight is 348 g/mol. The second-order valence-electron chi connectivity index (χ2n) is 5.18. The molecule has 1 N–H and O–H groups in total. The van der Waals surface area contributed by atoms with Crippen molar-refractivity contribution < 1.29 is 19.1 Å². The summed E-state index contributed by atoms with van der Waals surface area (Å²) in [7, 11) is 1.53. The number of hydrogen-bond donors (Lipinski definition) is 1. The highest BCUT2D eigenvalue weighted by molar-refractivity contribution is 6.33. The number of amides is 1. The molecule has 0 aliphatic heterocycles. The van der Waals surface area contributed by atoms with Crippen LogP contribution in [-0.4, -0.2) is 24.9 Å². The van der Waals surface area contributed by atoms with Crippen molar-refractivity contribution in [2.45, 2.75) is 20.0 Å². The summed E-state index contributed by atoms with van der Waals surface area (Å²) >= 11 is 6.07. The van der Waals surface area contributed by atoms with E-state index >= 15 is 0 Å². The van der Waals surface area contributed by atoms with Gasteiger partial charge in [-0.15, -0.1) is 0 Å². The van der Waals surface area contributed by atoms with Gasteiger partial charge in [0, 0.05) is 11.6 Å². The second kappa shape index (κ2) is 7.84. The summed E-state index contributed by atoms with van der Waals surface area (Å²) in [5, 5.41) is 3.10. The van der Waals surface area contributed by atoms with E-state index in [2.05, 4.69) is 5.32 Å². The first-order valence-corrected chi connectivity index (χ1v) is 7.70. The summed E-state index contributed by atoms with van der Waals surface area (Å²) in [5.41, 5.74) is 0.963. The molecule has 24 heavy (non-hydrogen) atoms. The lowest BCUT2D eigenvalue weighted by Crippen LogP contribution is -2.30. The first kappa shape index (κ1) is 17.8. The molecule has 0 aliphatic rings. The van der Waals surface area contributed by atoms with Crippen LogP contribution in [0.4, 0.5) is 5.69 Å². The monoisotopic (exact) mass is 347 g/mol. The number of benzene rings is 2. The van der Waals surface area contributed by atoms with E-state index in [9.17, 15) is 9.59 Å². The molecule has 2 aromatic carbocycles. The predicted octanol–water partition coefficient (Wildman–Crippen LogP) is 3.96. The Kier molecular flexibility index (Phi) is 5.82. The number of ether oxygens (including phenoxy) is 2. The van der Waals surface area contributed by atoms with E-state index in [-0.39, 0.29) is 11.7 Å². The average Bonchev–Trinajstić information content (AvgIpc) is 2.57. The van der Waals surface area contributed by atoms with Gasteiger partial charge in [-0.3, -0.25) is 9.59 Å². The molecule has 0 saturated heterocycles. The maximum Gasteiger partial charge on any atom is 0.265 e. The minimum atomic E-state index is -0.769. The number of methoxy groups -OCH3 is 1. The fraction of sp³-hybridized carbons (Fsp3) is 0.222. The SMILES string of the molecule is COc1ccc(Cl)c(NC(=O)[C@H](C)Oc2cccc(C(C)=O)c2)c1. The molecule has 0 spiro atoms. The topological polar surface area (TPSA) is 64.6 Å². The van der Waals surface area contributed by atoms with Crippen LogP contribution in [-0.2, 0) is 4.79 Å². The van der Waals surface area contributed by atoms with Crippen LogP contribution in [0, 0.1) is 0 Å². The third kappa shape index (κ3) is 4.49. The van der Waals surface area contributed by atoms with Gasteiger partial charge < -0.3 is 14.8 Å². The van der Waals surface area contributed by atoms with E-state index in [0.29, 0.717) is 27.8 Å². The van der Waals surface area contributed by atoms with E-state index in [0.717, 1.165) is 0 Å². The van der Waals surface area contributed by atoms with Gasteiger partial charge >= 0.3 is 0 Å². The molecule has 0 fully saturated rings. The Morgan fingerprint density at radius 1 is 1.12 bits per heavy atom. The number of carbonyl (C=O) groups excluding carboxylic acids is 2. The highest BCUT2D eigenvalue weighted by Crippen LogP contribution is 2.27. The summed E-state index contributed by atoms with van der Waals surface area (Å²) in [6.45, 7) is 3.09. The van der Waals surface area contributed by atoms with E-state index in [1.54, 1.807) is 49.4 Å². The maximum absolute atomic E-state index is 12.3. The fourth-order valence-electron chi connectivity index (χ4n) is 2.01. The zero-order valence-electron chi connectivity index (χ0n) is 13.6. The van der Waals surface area contributed by atoms with Crippen molar-refractivity contribution in [3.8, 4) is 11.5 Å². The normalized spacial score (nSPS) is 11.5. The van der Waals surface area contributed by atoms with Crippen LogP contribution in [0.5, 0.6) is 11.5 Å². The highest BCUT2D eigenvalue weighted by Gasteiger charge is 2.17. The van der Waals surface area contributed by atoms with E-state index in [1.165, 1.54) is 14.0 Å². The van der Waals surface area contributed by atoms with Gasteiger partial charge in [-0.1, -0.05) is 23.7 Å². The molecule has 2 rings (SSSR count). The Bertz CT molecular complexity index is 760. The van der Waals surface area contributed by atoms with E-state index in [1.807, 2.05) is 0 Å². The van der Waals surface area contributed by atoms with Gasteiger partial charge in [0.1, 0.15) is 11.5 Å². The van der Waals surface area contributed by atoms with Crippen LogP contribution in [0.3, 0.4) is 0 Å². The standard InChI is InChI=1S/C18H18ClNO4/c1-11(21)13-5-4-6-15(9-13)24-12(2)18(22)20-17-10-14(23-3)7-8-16(17)19/h4-10,12H,1-3H3,(H,20,22)/t12-/m0/s1. The first-order chi connectivity index (χ1) is 11.4. The van der Waals surface area contributed by atoms with E-state index in [4.69, 9.17) is 21.1 Å². The molecule has 6 heteroatoms. The molecule has 5 nitrogen and oxygen atoms in total. The van der Waals surface area contributed by atoms with Crippen molar-refractivity contribution in [1.82, 2.24) is 0 Å².